The lowest BCUT2D eigenvalue weighted by atomic mass is 9.63. The highest BCUT2D eigenvalue weighted by Crippen LogP contribution is 2.47. The van der Waals surface area contributed by atoms with Crippen LogP contribution in [0.2, 0.25) is 0 Å². The highest BCUT2D eigenvalue weighted by molar-refractivity contribution is 4.86. The average molecular weight is 307 g/mol. The molecule has 0 aliphatic heterocycles. The van der Waals surface area contributed by atoms with Crippen LogP contribution < -0.4 is 0 Å². The van der Waals surface area contributed by atoms with Crippen LogP contribution in [0, 0.1) is 23.2 Å². The molecule has 2 aliphatic rings. The fourth-order valence-corrected chi connectivity index (χ4v) is 5.30. The van der Waals surface area contributed by atoms with E-state index < -0.39 is 0 Å². The van der Waals surface area contributed by atoms with Gasteiger partial charge in [-0.05, 0) is 68.1 Å². The van der Waals surface area contributed by atoms with Gasteiger partial charge in [-0.3, -0.25) is 0 Å². The molecule has 2 aliphatic carbocycles. The van der Waals surface area contributed by atoms with Crippen molar-refractivity contribution in [2.75, 3.05) is 0 Å². The second-order valence-corrected chi connectivity index (χ2v) is 9.03. The molecule has 0 saturated heterocycles. The van der Waals surface area contributed by atoms with Crippen molar-refractivity contribution in [1.29, 1.82) is 0 Å². The molecule has 0 atom stereocenters. The van der Waals surface area contributed by atoms with Gasteiger partial charge in [0.2, 0.25) is 0 Å². The highest BCUT2D eigenvalue weighted by atomic mass is 14.4. The molecule has 0 amide bonds. The van der Waals surface area contributed by atoms with E-state index in [9.17, 15) is 0 Å². The first-order valence-electron chi connectivity index (χ1n) is 10.7. The van der Waals surface area contributed by atoms with Crippen molar-refractivity contribution in [2.45, 2.75) is 117 Å². The summed E-state index contributed by atoms with van der Waals surface area (Å²) in [4.78, 5) is 0. The van der Waals surface area contributed by atoms with E-state index in [1.54, 1.807) is 38.5 Å². The maximum atomic E-state index is 2.58. The molecular formula is C22H42. The van der Waals surface area contributed by atoms with E-state index >= 15 is 0 Å². The first-order chi connectivity index (χ1) is 10.7. The van der Waals surface area contributed by atoms with E-state index in [0.29, 0.717) is 5.41 Å². The van der Waals surface area contributed by atoms with Gasteiger partial charge in [-0.1, -0.05) is 72.1 Å². The molecule has 0 N–H and O–H groups in total. The summed E-state index contributed by atoms with van der Waals surface area (Å²) >= 11 is 0. The van der Waals surface area contributed by atoms with Crippen LogP contribution in [0.25, 0.3) is 0 Å². The van der Waals surface area contributed by atoms with E-state index in [1.807, 2.05) is 0 Å². The summed E-state index contributed by atoms with van der Waals surface area (Å²) < 4.78 is 0. The van der Waals surface area contributed by atoms with Gasteiger partial charge in [-0.25, -0.2) is 0 Å². The van der Waals surface area contributed by atoms with Crippen molar-refractivity contribution >= 4 is 0 Å². The first-order valence-corrected chi connectivity index (χ1v) is 10.7. The van der Waals surface area contributed by atoms with Crippen LogP contribution in [-0.2, 0) is 0 Å². The third kappa shape index (κ3) is 5.57. The third-order valence-electron chi connectivity index (χ3n) is 7.15. The summed E-state index contributed by atoms with van der Waals surface area (Å²) in [5.74, 6) is 3.27. The Hall–Kier alpha value is 0. The molecule has 2 fully saturated rings. The van der Waals surface area contributed by atoms with Crippen LogP contribution in [0.3, 0.4) is 0 Å². The summed E-state index contributed by atoms with van der Waals surface area (Å²) in [6.07, 6.45) is 22.5. The molecule has 0 radical (unpaired) electrons. The Morgan fingerprint density at radius 2 is 1.32 bits per heavy atom. The lowest BCUT2D eigenvalue weighted by Gasteiger charge is -2.42. The zero-order valence-corrected chi connectivity index (χ0v) is 15.8. The van der Waals surface area contributed by atoms with E-state index in [1.165, 1.54) is 57.8 Å². The second kappa shape index (κ2) is 9.33. The van der Waals surface area contributed by atoms with Crippen LogP contribution in [0.1, 0.15) is 117 Å². The molecule has 2 saturated carbocycles. The van der Waals surface area contributed by atoms with Gasteiger partial charge in [0.1, 0.15) is 0 Å². The number of rotatable bonds is 8. The Bertz CT molecular complexity index is 276. The normalized spacial score (nSPS) is 36.4. The quantitative estimate of drug-likeness (QED) is 0.402. The molecule has 0 nitrogen and oxygen atoms in total. The van der Waals surface area contributed by atoms with E-state index in [0.717, 1.165) is 17.8 Å². The molecular weight excluding hydrogens is 264 g/mol. The van der Waals surface area contributed by atoms with Crippen molar-refractivity contribution in [1.82, 2.24) is 0 Å². The number of hydrogen-bond acceptors (Lipinski definition) is 0. The van der Waals surface area contributed by atoms with Crippen molar-refractivity contribution in [3.63, 3.8) is 0 Å². The zero-order valence-electron chi connectivity index (χ0n) is 15.8. The smallest absolute Gasteiger partial charge is 0.0326 e. The van der Waals surface area contributed by atoms with Crippen molar-refractivity contribution in [2.24, 2.45) is 23.2 Å². The molecule has 0 heteroatoms. The maximum Gasteiger partial charge on any atom is -0.0326 e. The standard InChI is InChI=1S/C22H42/c1-4-6-8-16-22(3)17-14-21(15-18-22)20-12-10-19(11-13-20)9-7-5-2/h19-21H,4-18H2,1-3H3/t19?,20?,21-,22-. The van der Waals surface area contributed by atoms with Gasteiger partial charge in [-0.15, -0.1) is 0 Å². The fraction of sp³-hybridized carbons (Fsp3) is 1.00. The molecule has 0 unspecified atom stereocenters. The summed E-state index contributed by atoms with van der Waals surface area (Å²) in [7, 11) is 0. The first kappa shape index (κ1) is 18.3. The van der Waals surface area contributed by atoms with E-state index in [4.69, 9.17) is 0 Å². The monoisotopic (exact) mass is 306 g/mol. The minimum Gasteiger partial charge on any atom is -0.0654 e. The van der Waals surface area contributed by atoms with Crippen LogP contribution in [0.4, 0.5) is 0 Å². The summed E-state index contributed by atoms with van der Waals surface area (Å²) in [5, 5.41) is 0. The molecule has 0 bridgehead atoms. The lowest BCUT2D eigenvalue weighted by Crippen LogP contribution is -2.30. The highest BCUT2D eigenvalue weighted by Gasteiger charge is 2.35. The molecule has 22 heavy (non-hydrogen) atoms. The summed E-state index contributed by atoms with van der Waals surface area (Å²) in [6, 6.07) is 0. The van der Waals surface area contributed by atoms with Gasteiger partial charge in [0.25, 0.3) is 0 Å². The predicted octanol–water partition coefficient (Wildman–Crippen LogP) is 7.76. The molecule has 130 valence electrons. The van der Waals surface area contributed by atoms with Gasteiger partial charge in [0, 0.05) is 0 Å². The third-order valence-corrected chi connectivity index (χ3v) is 7.15. The van der Waals surface area contributed by atoms with Crippen LogP contribution in [-0.4, -0.2) is 0 Å². The molecule has 0 aromatic heterocycles. The molecule has 2 rings (SSSR count). The minimum absolute atomic E-state index is 0.698. The van der Waals surface area contributed by atoms with Gasteiger partial charge in [-0.2, -0.15) is 0 Å². The summed E-state index contributed by atoms with van der Waals surface area (Å²) in [6.45, 7) is 7.25. The second-order valence-electron chi connectivity index (χ2n) is 9.03. The number of hydrogen-bond donors (Lipinski definition) is 0. The van der Waals surface area contributed by atoms with Crippen molar-refractivity contribution in [3.05, 3.63) is 0 Å². The Morgan fingerprint density at radius 3 is 1.91 bits per heavy atom. The van der Waals surface area contributed by atoms with Crippen LogP contribution in [0.5, 0.6) is 0 Å². The lowest BCUT2D eigenvalue weighted by molar-refractivity contribution is 0.0950. The molecule has 0 spiro atoms. The van der Waals surface area contributed by atoms with Gasteiger partial charge < -0.3 is 0 Å². The van der Waals surface area contributed by atoms with Gasteiger partial charge in [0.05, 0.1) is 0 Å². The van der Waals surface area contributed by atoms with Gasteiger partial charge >= 0.3 is 0 Å². The molecule has 0 aromatic carbocycles. The number of unbranched alkanes of at least 4 members (excludes halogenated alkanes) is 3. The average Bonchev–Trinajstić information content (AvgIpc) is 2.54. The topological polar surface area (TPSA) is 0 Å². The Balaban J connectivity index is 1.67. The molecule has 0 heterocycles. The van der Waals surface area contributed by atoms with Crippen LogP contribution in [0.15, 0.2) is 0 Å². The predicted molar refractivity (Wildman–Crippen MR) is 99.2 cm³/mol. The van der Waals surface area contributed by atoms with Crippen molar-refractivity contribution < 1.29 is 0 Å². The van der Waals surface area contributed by atoms with Gasteiger partial charge in [0.15, 0.2) is 0 Å². The van der Waals surface area contributed by atoms with Crippen molar-refractivity contribution in [3.8, 4) is 0 Å². The SMILES string of the molecule is CCCCC[C@]1(C)CC[C@@H](C2CCC(CCCC)CC2)CC1. The fourth-order valence-electron chi connectivity index (χ4n) is 5.30. The van der Waals surface area contributed by atoms with Crippen LogP contribution >= 0.6 is 0 Å². The minimum atomic E-state index is 0.698. The Kier molecular flexibility index (Phi) is 7.78. The summed E-state index contributed by atoms with van der Waals surface area (Å²) in [5.41, 5.74) is 0.698. The van der Waals surface area contributed by atoms with E-state index in [2.05, 4.69) is 20.8 Å². The largest absolute Gasteiger partial charge is 0.0654 e. The Morgan fingerprint density at radius 1 is 0.727 bits per heavy atom. The Labute approximate surface area is 140 Å². The zero-order chi connectivity index (χ0) is 15.8. The maximum absolute atomic E-state index is 2.58. The van der Waals surface area contributed by atoms with E-state index in [-0.39, 0.29) is 0 Å². The molecule has 0 aromatic rings.